The number of imidazole rings is 1. The molecule has 0 radical (unpaired) electrons. The van der Waals surface area contributed by atoms with Crippen molar-refractivity contribution >= 4 is 22.8 Å². The molecule has 2 atom stereocenters. The number of nitrogens with zero attached hydrogens (tertiary/aromatic N) is 5. The van der Waals surface area contributed by atoms with E-state index in [0.717, 1.165) is 42.8 Å². The van der Waals surface area contributed by atoms with Crippen molar-refractivity contribution in [2.75, 3.05) is 18.4 Å². The van der Waals surface area contributed by atoms with Crippen molar-refractivity contribution in [3.8, 4) is 11.3 Å². The maximum absolute atomic E-state index is 14.9. The summed E-state index contributed by atoms with van der Waals surface area (Å²) in [5.74, 6) is -0.417. The third kappa shape index (κ3) is 3.65. The van der Waals surface area contributed by atoms with Crippen LogP contribution in [-0.2, 0) is 0 Å². The predicted octanol–water partition coefficient (Wildman–Crippen LogP) is 4.58. The highest BCUT2D eigenvalue weighted by Gasteiger charge is 2.25. The highest BCUT2D eigenvalue weighted by molar-refractivity contribution is 5.81. The third-order valence-electron chi connectivity index (χ3n) is 6.22. The number of aryl methyl sites for hydroxylation is 2. The van der Waals surface area contributed by atoms with Crippen molar-refractivity contribution < 1.29 is 8.81 Å². The average Bonchev–Trinajstić information content (AvgIpc) is 3.31. The van der Waals surface area contributed by atoms with Gasteiger partial charge in [0.25, 0.3) is 6.01 Å². The zero-order valence-corrected chi connectivity index (χ0v) is 18.3. The summed E-state index contributed by atoms with van der Waals surface area (Å²) >= 11 is 0. The smallest absolute Gasteiger partial charge is 0.296 e. The Balaban J connectivity index is 1.45. The highest BCUT2D eigenvalue weighted by atomic mass is 19.1. The van der Waals surface area contributed by atoms with Gasteiger partial charge in [0.1, 0.15) is 5.52 Å². The number of benzene rings is 1. The molecule has 1 saturated heterocycles. The van der Waals surface area contributed by atoms with E-state index in [1.54, 1.807) is 10.6 Å². The van der Waals surface area contributed by atoms with Crippen molar-refractivity contribution in [1.29, 1.82) is 0 Å². The zero-order chi connectivity index (χ0) is 21.7. The van der Waals surface area contributed by atoms with E-state index in [1.165, 1.54) is 6.07 Å². The molecule has 5 rings (SSSR count). The maximum Gasteiger partial charge on any atom is 0.296 e. The van der Waals surface area contributed by atoms with Crippen LogP contribution in [0.15, 0.2) is 28.8 Å². The van der Waals surface area contributed by atoms with E-state index in [0.29, 0.717) is 28.9 Å². The second-order valence-corrected chi connectivity index (χ2v) is 8.53. The number of likely N-dealkylation sites (tertiary alicyclic amines) is 1. The van der Waals surface area contributed by atoms with Crippen LogP contribution in [0.4, 0.5) is 10.4 Å². The fourth-order valence-corrected chi connectivity index (χ4v) is 4.58. The van der Waals surface area contributed by atoms with Crippen LogP contribution in [-0.4, -0.2) is 49.7 Å². The van der Waals surface area contributed by atoms with Crippen LogP contribution in [0.5, 0.6) is 0 Å². The lowest BCUT2D eigenvalue weighted by atomic mass is 9.98. The number of nitrogens with one attached hydrogen (secondary N) is 1. The maximum atomic E-state index is 14.9. The second-order valence-electron chi connectivity index (χ2n) is 8.53. The van der Waals surface area contributed by atoms with Gasteiger partial charge in [-0.05, 0) is 63.9 Å². The first-order chi connectivity index (χ1) is 14.9. The Morgan fingerprint density at radius 1 is 1.23 bits per heavy atom. The number of hydrogen-bond acceptors (Lipinski definition) is 6. The first-order valence-corrected chi connectivity index (χ1v) is 10.9. The fraction of sp³-hybridized carbons (Fsp3) is 0.435. The number of fused-ring (bicyclic) bond motifs is 2. The first kappa shape index (κ1) is 19.9. The van der Waals surface area contributed by atoms with Gasteiger partial charge in [-0.1, -0.05) is 6.92 Å². The van der Waals surface area contributed by atoms with Crippen molar-refractivity contribution in [2.45, 2.75) is 52.6 Å². The Morgan fingerprint density at radius 3 is 2.84 bits per heavy atom. The molecular weight excluding hydrogens is 395 g/mol. The van der Waals surface area contributed by atoms with E-state index in [1.807, 2.05) is 26.1 Å². The summed E-state index contributed by atoms with van der Waals surface area (Å²) in [6, 6.07) is 6.33. The van der Waals surface area contributed by atoms with Gasteiger partial charge in [0, 0.05) is 24.2 Å². The van der Waals surface area contributed by atoms with E-state index in [2.05, 4.69) is 39.1 Å². The molecule has 2 unspecified atom stereocenters. The summed E-state index contributed by atoms with van der Waals surface area (Å²) < 4.78 is 22.5. The highest BCUT2D eigenvalue weighted by Crippen LogP contribution is 2.30. The van der Waals surface area contributed by atoms with Gasteiger partial charge in [0.15, 0.2) is 17.0 Å². The summed E-state index contributed by atoms with van der Waals surface area (Å²) in [6.07, 6.45) is 3.88. The standard InChI is InChI=1S/C23H27FN6O/c1-5-29-7-6-17(9-15(29)4)26-23-27-21-18(24)10-16(11-20(21)31-23)19-8-13(2)22-25-14(3)12-30(22)28-19/h8,10-12,15,17H,5-7,9H2,1-4H3,(H,26,27). The molecule has 7 nitrogen and oxygen atoms in total. The molecule has 1 aromatic carbocycles. The normalized spacial score (nSPS) is 20.0. The average molecular weight is 423 g/mol. The lowest BCUT2D eigenvalue weighted by molar-refractivity contribution is 0.160. The molecule has 0 saturated carbocycles. The van der Waals surface area contributed by atoms with E-state index >= 15 is 0 Å². The molecule has 0 aliphatic carbocycles. The number of oxazole rings is 1. The summed E-state index contributed by atoms with van der Waals surface area (Å²) in [4.78, 5) is 11.3. The van der Waals surface area contributed by atoms with Gasteiger partial charge < -0.3 is 14.6 Å². The van der Waals surface area contributed by atoms with E-state index in [9.17, 15) is 4.39 Å². The van der Waals surface area contributed by atoms with Gasteiger partial charge in [-0.25, -0.2) is 13.9 Å². The molecule has 0 bridgehead atoms. The molecule has 0 amide bonds. The lowest BCUT2D eigenvalue weighted by Crippen LogP contribution is -2.44. The monoisotopic (exact) mass is 422 g/mol. The topological polar surface area (TPSA) is 71.5 Å². The van der Waals surface area contributed by atoms with Crippen LogP contribution in [0.3, 0.4) is 0 Å². The largest absolute Gasteiger partial charge is 0.423 e. The number of piperidine rings is 1. The molecule has 1 fully saturated rings. The molecule has 3 aromatic heterocycles. The van der Waals surface area contributed by atoms with Crippen LogP contribution < -0.4 is 5.32 Å². The minimum atomic E-state index is -0.417. The van der Waals surface area contributed by atoms with Crippen LogP contribution >= 0.6 is 0 Å². The van der Waals surface area contributed by atoms with Crippen LogP contribution in [0, 0.1) is 19.7 Å². The number of aromatic nitrogens is 4. The number of halogens is 1. The number of rotatable bonds is 4. The third-order valence-corrected chi connectivity index (χ3v) is 6.22. The molecule has 4 heterocycles. The Labute approximate surface area is 180 Å². The SMILES string of the molecule is CCN1CCC(Nc2nc3c(F)cc(-c4cc(C)c5nc(C)cn5n4)cc3o2)CC1C. The van der Waals surface area contributed by atoms with E-state index in [4.69, 9.17) is 4.42 Å². The quantitative estimate of drug-likeness (QED) is 0.519. The van der Waals surface area contributed by atoms with Gasteiger partial charge in [0.05, 0.1) is 17.6 Å². The molecule has 31 heavy (non-hydrogen) atoms. The Morgan fingerprint density at radius 2 is 2.06 bits per heavy atom. The van der Waals surface area contributed by atoms with Gasteiger partial charge in [-0.2, -0.15) is 10.1 Å². The van der Waals surface area contributed by atoms with E-state index in [-0.39, 0.29) is 11.6 Å². The minimum Gasteiger partial charge on any atom is -0.423 e. The van der Waals surface area contributed by atoms with Gasteiger partial charge >= 0.3 is 0 Å². The molecule has 0 spiro atoms. The molecule has 162 valence electrons. The summed E-state index contributed by atoms with van der Waals surface area (Å²) in [5.41, 5.74) is 4.63. The fourth-order valence-electron chi connectivity index (χ4n) is 4.58. The molecule has 8 heteroatoms. The minimum absolute atomic E-state index is 0.238. The number of anilines is 1. The Hall–Kier alpha value is -3.00. The van der Waals surface area contributed by atoms with Crippen molar-refractivity contribution in [3.05, 3.63) is 41.5 Å². The lowest BCUT2D eigenvalue weighted by Gasteiger charge is -2.36. The van der Waals surface area contributed by atoms with E-state index < -0.39 is 5.82 Å². The van der Waals surface area contributed by atoms with Crippen LogP contribution in [0.2, 0.25) is 0 Å². The van der Waals surface area contributed by atoms with Crippen LogP contribution in [0.25, 0.3) is 28.0 Å². The van der Waals surface area contributed by atoms with Gasteiger partial charge in [-0.3, -0.25) is 0 Å². The first-order valence-electron chi connectivity index (χ1n) is 10.9. The second kappa shape index (κ2) is 7.60. The van der Waals surface area contributed by atoms with Crippen molar-refractivity contribution in [3.63, 3.8) is 0 Å². The molecule has 1 aliphatic heterocycles. The zero-order valence-electron chi connectivity index (χ0n) is 18.3. The number of hydrogen-bond donors (Lipinski definition) is 1. The summed E-state index contributed by atoms with van der Waals surface area (Å²) in [5, 5.41) is 7.97. The van der Waals surface area contributed by atoms with Crippen molar-refractivity contribution in [2.24, 2.45) is 0 Å². The van der Waals surface area contributed by atoms with Crippen molar-refractivity contribution in [1.82, 2.24) is 24.5 Å². The summed E-state index contributed by atoms with van der Waals surface area (Å²) in [6.45, 7) is 10.4. The Bertz CT molecular complexity index is 1260. The molecule has 1 aliphatic rings. The molecule has 1 N–H and O–H groups in total. The summed E-state index contributed by atoms with van der Waals surface area (Å²) in [7, 11) is 0. The van der Waals surface area contributed by atoms with Gasteiger partial charge in [0.2, 0.25) is 0 Å². The van der Waals surface area contributed by atoms with Crippen LogP contribution in [0.1, 0.15) is 37.9 Å². The predicted molar refractivity (Wildman–Crippen MR) is 119 cm³/mol. The molecular formula is C23H27FN6O. The Kier molecular flexibility index (Phi) is 4.89. The molecule has 4 aromatic rings. The van der Waals surface area contributed by atoms with Gasteiger partial charge in [-0.15, -0.1) is 0 Å².